The number of hydrogen-bond donors (Lipinski definition) is 1. The van der Waals surface area contributed by atoms with Crippen LogP contribution in [0, 0.1) is 6.92 Å². The molecule has 0 heterocycles. The third-order valence-corrected chi connectivity index (χ3v) is 3.86. The van der Waals surface area contributed by atoms with Gasteiger partial charge in [0.1, 0.15) is 5.75 Å². The van der Waals surface area contributed by atoms with Crippen molar-refractivity contribution in [3.05, 3.63) is 47.0 Å². The molecule has 122 valence electrons. The normalized spacial score (nSPS) is 10.8. The number of hydrogen-bond acceptors (Lipinski definition) is 3. The largest absolute Gasteiger partial charge is 0.497 e. The molecule has 0 aliphatic rings. The molecule has 0 unspecified atom stereocenters. The van der Waals surface area contributed by atoms with Gasteiger partial charge < -0.3 is 15.0 Å². The van der Waals surface area contributed by atoms with Gasteiger partial charge in [-0.3, -0.25) is 0 Å². The first-order valence-electron chi connectivity index (χ1n) is 7.49. The first-order chi connectivity index (χ1) is 11.0. The molecule has 0 aromatic heterocycles. The van der Waals surface area contributed by atoms with Gasteiger partial charge in [0.25, 0.3) is 0 Å². The fourth-order valence-electron chi connectivity index (χ4n) is 1.97. The van der Waals surface area contributed by atoms with E-state index in [4.69, 9.17) is 16.3 Å². The SMILES string of the molecule is CCN(C)C=Nc1cc(C)c(Nc2ccc(OC)cc2)cc1Cl. The van der Waals surface area contributed by atoms with Gasteiger partial charge in [-0.2, -0.15) is 0 Å². The summed E-state index contributed by atoms with van der Waals surface area (Å²) in [6.45, 7) is 5.00. The number of ether oxygens (including phenoxy) is 1. The maximum atomic E-state index is 6.35. The molecule has 0 atom stereocenters. The average molecular weight is 332 g/mol. The van der Waals surface area contributed by atoms with Gasteiger partial charge >= 0.3 is 0 Å². The standard InChI is InChI=1S/C18H22ClN3O/c1-5-22(3)12-20-18-10-13(2)17(11-16(18)19)21-14-6-8-15(23-4)9-7-14/h6-12,21H,5H2,1-4H3. The van der Waals surface area contributed by atoms with E-state index in [1.807, 2.05) is 55.3 Å². The van der Waals surface area contributed by atoms with Gasteiger partial charge in [-0.15, -0.1) is 0 Å². The third-order valence-electron chi connectivity index (χ3n) is 3.56. The minimum atomic E-state index is 0.618. The van der Waals surface area contributed by atoms with Crippen LogP contribution in [0.4, 0.5) is 17.1 Å². The van der Waals surface area contributed by atoms with E-state index in [0.29, 0.717) is 5.02 Å². The Balaban J connectivity index is 2.20. The van der Waals surface area contributed by atoms with Crippen LogP contribution in [-0.2, 0) is 0 Å². The summed E-state index contributed by atoms with van der Waals surface area (Å²) < 4.78 is 5.16. The molecule has 0 amide bonds. The van der Waals surface area contributed by atoms with Gasteiger partial charge in [-0.05, 0) is 55.8 Å². The van der Waals surface area contributed by atoms with Crippen LogP contribution in [0.1, 0.15) is 12.5 Å². The van der Waals surface area contributed by atoms with Crippen molar-refractivity contribution in [3.63, 3.8) is 0 Å². The molecule has 23 heavy (non-hydrogen) atoms. The van der Waals surface area contributed by atoms with Crippen LogP contribution in [0.15, 0.2) is 41.4 Å². The lowest BCUT2D eigenvalue weighted by molar-refractivity contribution is 0.415. The van der Waals surface area contributed by atoms with Gasteiger partial charge in [-0.1, -0.05) is 11.6 Å². The highest BCUT2D eigenvalue weighted by atomic mass is 35.5. The van der Waals surface area contributed by atoms with Crippen LogP contribution < -0.4 is 10.1 Å². The van der Waals surface area contributed by atoms with Crippen LogP contribution in [0.25, 0.3) is 0 Å². The van der Waals surface area contributed by atoms with Gasteiger partial charge in [0.05, 0.1) is 24.2 Å². The van der Waals surface area contributed by atoms with Gasteiger partial charge in [0.2, 0.25) is 0 Å². The monoisotopic (exact) mass is 331 g/mol. The molecule has 0 radical (unpaired) electrons. The Hall–Kier alpha value is -2.20. The molecule has 4 nitrogen and oxygen atoms in total. The number of anilines is 2. The van der Waals surface area contributed by atoms with Crippen LogP contribution in [0.2, 0.25) is 5.02 Å². The first-order valence-corrected chi connectivity index (χ1v) is 7.87. The Morgan fingerprint density at radius 1 is 1.26 bits per heavy atom. The molecule has 1 N–H and O–H groups in total. The van der Waals surface area contributed by atoms with Crippen molar-refractivity contribution in [2.75, 3.05) is 26.0 Å². The van der Waals surface area contributed by atoms with Gasteiger partial charge in [0, 0.05) is 25.0 Å². The van der Waals surface area contributed by atoms with E-state index in [-0.39, 0.29) is 0 Å². The van der Waals surface area contributed by atoms with Crippen molar-refractivity contribution in [3.8, 4) is 5.75 Å². The molecule has 2 aromatic carbocycles. The number of nitrogens with one attached hydrogen (secondary N) is 1. The molecule has 5 heteroatoms. The quantitative estimate of drug-likeness (QED) is 0.597. The minimum Gasteiger partial charge on any atom is -0.497 e. The zero-order chi connectivity index (χ0) is 16.8. The van der Waals surface area contributed by atoms with Gasteiger partial charge in [0.15, 0.2) is 0 Å². The van der Waals surface area contributed by atoms with Crippen molar-refractivity contribution in [2.24, 2.45) is 4.99 Å². The van der Waals surface area contributed by atoms with E-state index in [2.05, 4.69) is 17.2 Å². The molecule has 0 bridgehead atoms. The topological polar surface area (TPSA) is 36.9 Å². The second-order valence-electron chi connectivity index (χ2n) is 5.29. The molecule has 0 saturated carbocycles. The Bertz CT molecular complexity index is 683. The highest BCUT2D eigenvalue weighted by molar-refractivity contribution is 6.33. The summed E-state index contributed by atoms with van der Waals surface area (Å²) in [6, 6.07) is 11.6. The molecule has 0 spiro atoms. The lowest BCUT2D eigenvalue weighted by Gasteiger charge is -2.13. The number of aliphatic imine (C=N–C) groups is 1. The van der Waals surface area contributed by atoms with E-state index in [9.17, 15) is 0 Å². The molecular formula is C18H22ClN3O. The molecule has 0 aliphatic heterocycles. The van der Waals surface area contributed by atoms with E-state index >= 15 is 0 Å². The van der Waals surface area contributed by atoms with E-state index in [0.717, 1.165) is 34.9 Å². The van der Waals surface area contributed by atoms with Crippen molar-refractivity contribution < 1.29 is 4.74 Å². The van der Waals surface area contributed by atoms with Crippen LogP contribution in [0.5, 0.6) is 5.75 Å². The lowest BCUT2D eigenvalue weighted by atomic mass is 10.1. The molecule has 2 rings (SSSR count). The lowest BCUT2D eigenvalue weighted by Crippen LogP contribution is -2.14. The smallest absolute Gasteiger partial charge is 0.119 e. The maximum Gasteiger partial charge on any atom is 0.119 e. The third kappa shape index (κ3) is 4.63. The summed E-state index contributed by atoms with van der Waals surface area (Å²) in [6.07, 6.45) is 1.79. The highest BCUT2D eigenvalue weighted by Crippen LogP contribution is 2.32. The second kappa shape index (κ2) is 7.88. The molecule has 0 saturated heterocycles. The number of nitrogens with zero attached hydrogens (tertiary/aromatic N) is 2. The summed E-state index contributed by atoms with van der Waals surface area (Å²) in [7, 11) is 3.63. The Labute approximate surface area is 142 Å². The number of aryl methyl sites for hydroxylation is 1. The minimum absolute atomic E-state index is 0.618. The Morgan fingerprint density at radius 3 is 2.57 bits per heavy atom. The van der Waals surface area contributed by atoms with E-state index in [1.54, 1.807) is 13.4 Å². The van der Waals surface area contributed by atoms with E-state index < -0.39 is 0 Å². The molecule has 0 fully saturated rings. The van der Waals surface area contributed by atoms with E-state index in [1.165, 1.54) is 0 Å². The van der Waals surface area contributed by atoms with Crippen LogP contribution >= 0.6 is 11.6 Å². The summed E-state index contributed by atoms with van der Waals surface area (Å²) in [5.74, 6) is 0.829. The predicted molar refractivity (Wildman–Crippen MR) is 98.9 cm³/mol. The number of halogens is 1. The zero-order valence-electron chi connectivity index (χ0n) is 13.9. The summed E-state index contributed by atoms with van der Waals surface area (Å²) in [5, 5.41) is 3.98. The average Bonchev–Trinajstić information content (AvgIpc) is 2.57. The van der Waals surface area contributed by atoms with Crippen molar-refractivity contribution in [1.29, 1.82) is 0 Å². The molecular weight excluding hydrogens is 310 g/mol. The Kier molecular flexibility index (Phi) is 5.88. The van der Waals surface area contributed by atoms with Crippen LogP contribution in [0.3, 0.4) is 0 Å². The predicted octanol–water partition coefficient (Wildman–Crippen LogP) is 5.01. The second-order valence-corrected chi connectivity index (χ2v) is 5.70. The fourth-order valence-corrected chi connectivity index (χ4v) is 2.18. The molecule has 0 aliphatic carbocycles. The fraction of sp³-hybridized carbons (Fsp3) is 0.278. The van der Waals surface area contributed by atoms with Crippen molar-refractivity contribution >= 4 is 35.0 Å². The van der Waals surface area contributed by atoms with Crippen molar-refractivity contribution in [1.82, 2.24) is 4.90 Å². The number of methoxy groups -OCH3 is 1. The first kappa shape index (κ1) is 17.2. The highest BCUT2D eigenvalue weighted by Gasteiger charge is 2.06. The number of rotatable bonds is 6. The summed E-state index contributed by atoms with van der Waals surface area (Å²) in [4.78, 5) is 6.43. The summed E-state index contributed by atoms with van der Waals surface area (Å²) >= 11 is 6.35. The summed E-state index contributed by atoms with van der Waals surface area (Å²) in [5.41, 5.74) is 3.79. The van der Waals surface area contributed by atoms with Crippen LogP contribution in [-0.4, -0.2) is 31.9 Å². The number of benzene rings is 2. The van der Waals surface area contributed by atoms with Gasteiger partial charge in [-0.25, -0.2) is 4.99 Å². The zero-order valence-corrected chi connectivity index (χ0v) is 14.7. The maximum absolute atomic E-state index is 6.35. The Morgan fingerprint density at radius 2 is 1.96 bits per heavy atom. The molecule has 2 aromatic rings. The van der Waals surface area contributed by atoms with Crippen molar-refractivity contribution in [2.45, 2.75) is 13.8 Å².